The van der Waals surface area contributed by atoms with Gasteiger partial charge in [0, 0.05) is 12.1 Å². The van der Waals surface area contributed by atoms with Gasteiger partial charge in [0.05, 0.1) is 0 Å². The summed E-state index contributed by atoms with van der Waals surface area (Å²) in [5.41, 5.74) is 0.669. The summed E-state index contributed by atoms with van der Waals surface area (Å²) in [6.07, 6.45) is 1.99. The van der Waals surface area contributed by atoms with Gasteiger partial charge in [0.25, 0.3) is 0 Å². The molecule has 1 aromatic rings. The molecular weight excluding hydrogens is 258 g/mol. The van der Waals surface area contributed by atoms with Gasteiger partial charge in [-0.15, -0.1) is 0 Å². The summed E-state index contributed by atoms with van der Waals surface area (Å²) in [6, 6.07) is 3.68. The van der Waals surface area contributed by atoms with E-state index in [0.29, 0.717) is 11.5 Å². The van der Waals surface area contributed by atoms with Crippen molar-refractivity contribution in [3.63, 3.8) is 0 Å². The van der Waals surface area contributed by atoms with Gasteiger partial charge in [-0.25, -0.2) is 8.78 Å². The van der Waals surface area contributed by atoms with Crippen molar-refractivity contribution >= 4 is 0 Å². The van der Waals surface area contributed by atoms with Crippen molar-refractivity contribution in [2.75, 3.05) is 27.2 Å². The molecule has 0 aliphatic heterocycles. The van der Waals surface area contributed by atoms with Crippen molar-refractivity contribution in [3.05, 3.63) is 35.4 Å². The quantitative estimate of drug-likeness (QED) is 0.785. The van der Waals surface area contributed by atoms with Gasteiger partial charge < -0.3 is 10.2 Å². The monoisotopic (exact) mass is 284 g/mol. The molecule has 114 valence electrons. The molecule has 1 unspecified atom stereocenters. The summed E-state index contributed by atoms with van der Waals surface area (Å²) in [6.45, 7) is 6.36. The van der Waals surface area contributed by atoms with E-state index in [1.165, 1.54) is 12.1 Å². The summed E-state index contributed by atoms with van der Waals surface area (Å²) < 4.78 is 26.5. The molecule has 0 saturated carbocycles. The molecule has 0 aromatic heterocycles. The van der Waals surface area contributed by atoms with E-state index in [4.69, 9.17) is 0 Å². The van der Waals surface area contributed by atoms with Crippen LogP contribution < -0.4 is 5.32 Å². The average molecular weight is 284 g/mol. The predicted octanol–water partition coefficient (Wildman–Crippen LogP) is 3.59. The molecule has 2 nitrogen and oxygen atoms in total. The van der Waals surface area contributed by atoms with Gasteiger partial charge in [-0.1, -0.05) is 13.8 Å². The number of hydrogen-bond donors (Lipinski definition) is 1. The summed E-state index contributed by atoms with van der Waals surface area (Å²) in [7, 11) is 3.91. The lowest BCUT2D eigenvalue weighted by Crippen LogP contribution is -2.27. The second kappa shape index (κ2) is 8.32. The summed E-state index contributed by atoms with van der Waals surface area (Å²) >= 11 is 0. The maximum absolute atomic E-state index is 13.3. The minimum absolute atomic E-state index is 0.0262. The van der Waals surface area contributed by atoms with E-state index in [9.17, 15) is 8.78 Å². The Morgan fingerprint density at radius 2 is 1.60 bits per heavy atom. The first kappa shape index (κ1) is 17.1. The Kier molecular flexibility index (Phi) is 7.10. The third-order valence-corrected chi connectivity index (χ3v) is 3.52. The molecule has 4 heteroatoms. The van der Waals surface area contributed by atoms with Crippen molar-refractivity contribution in [1.29, 1.82) is 0 Å². The molecular formula is C16H26F2N2. The van der Waals surface area contributed by atoms with Crippen molar-refractivity contribution in [2.24, 2.45) is 5.92 Å². The Bertz CT molecular complexity index is 387. The normalized spacial score (nSPS) is 13.2. The van der Waals surface area contributed by atoms with E-state index in [2.05, 4.69) is 31.1 Å². The van der Waals surface area contributed by atoms with Gasteiger partial charge in [0.1, 0.15) is 11.6 Å². The number of halogens is 2. The Labute approximate surface area is 121 Å². The summed E-state index contributed by atoms with van der Waals surface area (Å²) in [5, 5.41) is 3.13. The van der Waals surface area contributed by atoms with Crippen molar-refractivity contribution in [3.8, 4) is 0 Å². The first-order valence-electron chi connectivity index (χ1n) is 7.24. The van der Waals surface area contributed by atoms with E-state index in [0.717, 1.165) is 32.0 Å². The van der Waals surface area contributed by atoms with Gasteiger partial charge in [-0.05, 0) is 63.6 Å². The molecule has 0 fully saturated rings. The van der Waals surface area contributed by atoms with Gasteiger partial charge in [0.15, 0.2) is 0 Å². The largest absolute Gasteiger partial charge is 0.313 e. The van der Waals surface area contributed by atoms with Crippen LogP contribution in [0, 0.1) is 17.6 Å². The second-order valence-electron chi connectivity index (χ2n) is 5.82. The van der Waals surface area contributed by atoms with Crippen molar-refractivity contribution in [1.82, 2.24) is 10.2 Å². The molecule has 1 rings (SSSR count). The second-order valence-corrected chi connectivity index (χ2v) is 5.82. The predicted molar refractivity (Wildman–Crippen MR) is 79.7 cm³/mol. The van der Waals surface area contributed by atoms with Crippen LogP contribution in [0.2, 0.25) is 0 Å². The highest BCUT2D eigenvalue weighted by Gasteiger charge is 2.13. The van der Waals surface area contributed by atoms with E-state index in [-0.39, 0.29) is 6.04 Å². The minimum atomic E-state index is -0.520. The number of benzene rings is 1. The molecule has 0 aliphatic carbocycles. The van der Waals surface area contributed by atoms with Crippen LogP contribution in [0.1, 0.15) is 38.3 Å². The van der Waals surface area contributed by atoms with Gasteiger partial charge in [-0.2, -0.15) is 0 Å². The first-order chi connectivity index (χ1) is 9.42. The number of rotatable bonds is 8. The maximum atomic E-state index is 13.3. The van der Waals surface area contributed by atoms with E-state index in [1.54, 1.807) is 0 Å². The zero-order valence-electron chi connectivity index (χ0n) is 12.9. The fraction of sp³-hybridized carbons (Fsp3) is 0.625. The Balaban J connectivity index is 2.54. The summed E-state index contributed by atoms with van der Waals surface area (Å²) in [4.78, 5) is 2.26. The van der Waals surface area contributed by atoms with Gasteiger partial charge >= 0.3 is 0 Å². The first-order valence-corrected chi connectivity index (χ1v) is 7.24. The highest BCUT2D eigenvalue weighted by Crippen LogP contribution is 2.19. The SMILES string of the molecule is CNC(CCN(C)CCC(C)C)c1cc(F)cc(F)c1. The van der Waals surface area contributed by atoms with Crippen LogP contribution in [0.4, 0.5) is 8.78 Å². The lowest BCUT2D eigenvalue weighted by Gasteiger charge is -2.22. The molecule has 0 amide bonds. The van der Waals surface area contributed by atoms with Crippen LogP contribution in [0.15, 0.2) is 18.2 Å². The van der Waals surface area contributed by atoms with E-state index >= 15 is 0 Å². The number of hydrogen-bond acceptors (Lipinski definition) is 2. The molecule has 0 radical (unpaired) electrons. The third-order valence-electron chi connectivity index (χ3n) is 3.52. The number of nitrogens with zero attached hydrogens (tertiary/aromatic N) is 1. The maximum Gasteiger partial charge on any atom is 0.126 e. The van der Waals surface area contributed by atoms with Crippen LogP contribution in [0.5, 0.6) is 0 Å². The van der Waals surface area contributed by atoms with Crippen molar-refractivity contribution in [2.45, 2.75) is 32.7 Å². The lowest BCUT2D eigenvalue weighted by molar-refractivity contribution is 0.292. The fourth-order valence-corrected chi connectivity index (χ4v) is 2.19. The minimum Gasteiger partial charge on any atom is -0.313 e. The van der Waals surface area contributed by atoms with E-state index in [1.807, 2.05) is 7.05 Å². The van der Waals surface area contributed by atoms with Crippen LogP contribution in [-0.2, 0) is 0 Å². The summed E-state index contributed by atoms with van der Waals surface area (Å²) in [5.74, 6) is -0.350. The third kappa shape index (κ3) is 5.97. The van der Waals surface area contributed by atoms with Gasteiger partial charge in [0.2, 0.25) is 0 Å². The standard InChI is InChI=1S/C16H26F2N2/c1-12(2)5-7-20(4)8-6-16(19-3)13-9-14(17)11-15(18)10-13/h9-12,16,19H,5-8H2,1-4H3. The van der Waals surface area contributed by atoms with Crippen LogP contribution in [0.3, 0.4) is 0 Å². The Morgan fingerprint density at radius 3 is 2.10 bits per heavy atom. The highest BCUT2D eigenvalue weighted by atomic mass is 19.1. The Morgan fingerprint density at radius 1 is 1.05 bits per heavy atom. The molecule has 0 saturated heterocycles. The topological polar surface area (TPSA) is 15.3 Å². The fourth-order valence-electron chi connectivity index (χ4n) is 2.19. The van der Waals surface area contributed by atoms with Crippen LogP contribution >= 0.6 is 0 Å². The zero-order chi connectivity index (χ0) is 15.1. The molecule has 1 atom stereocenters. The average Bonchev–Trinajstić information content (AvgIpc) is 2.36. The van der Waals surface area contributed by atoms with Crippen LogP contribution in [-0.4, -0.2) is 32.1 Å². The smallest absolute Gasteiger partial charge is 0.126 e. The molecule has 20 heavy (non-hydrogen) atoms. The Hall–Kier alpha value is -1.00. The molecule has 0 bridgehead atoms. The molecule has 1 N–H and O–H groups in total. The number of nitrogens with one attached hydrogen (secondary N) is 1. The molecule has 0 spiro atoms. The molecule has 0 aliphatic rings. The lowest BCUT2D eigenvalue weighted by atomic mass is 10.0. The zero-order valence-corrected chi connectivity index (χ0v) is 12.9. The highest BCUT2D eigenvalue weighted by molar-refractivity contribution is 5.21. The van der Waals surface area contributed by atoms with Crippen molar-refractivity contribution < 1.29 is 8.78 Å². The van der Waals surface area contributed by atoms with Crippen LogP contribution in [0.25, 0.3) is 0 Å². The molecule has 1 aromatic carbocycles. The van der Waals surface area contributed by atoms with E-state index < -0.39 is 11.6 Å². The van der Waals surface area contributed by atoms with Gasteiger partial charge in [-0.3, -0.25) is 0 Å². The molecule has 0 heterocycles.